The van der Waals surface area contributed by atoms with E-state index < -0.39 is 0 Å². The maximum Gasteiger partial charge on any atom is 0.251 e. The third kappa shape index (κ3) is 6.72. The Kier molecular flexibility index (Phi) is 8.34. The molecule has 10 heteroatoms. The Labute approximate surface area is 194 Å². The summed E-state index contributed by atoms with van der Waals surface area (Å²) in [7, 11) is 1.86. The van der Waals surface area contributed by atoms with Gasteiger partial charge in [0.15, 0.2) is 5.16 Å². The number of carbonyl (C=O) groups is 2. The second-order valence-corrected chi connectivity index (χ2v) is 8.48. The second-order valence-electron chi connectivity index (χ2n) is 6.61. The van der Waals surface area contributed by atoms with Crippen molar-refractivity contribution in [2.75, 3.05) is 17.6 Å². The molecule has 2 amide bonds. The number of anilines is 1. The predicted molar refractivity (Wildman–Crippen MR) is 124 cm³/mol. The SMILES string of the molecule is Cn1c(CCNC(=O)c2ccc(Cl)c(Cl)c2)nnc1SCCC(=O)Nc1ccccc1. The molecule has 0 aliphatic carbocycles. The van der Waals surface area contributed by atoms with Crippen molar-refractivity contribution in [2.45, 2.75) is 18.0 Å². The number of rotatable bonds is 9. The molecule has 0 spiro atoms. The molecular weight excluding hydrogens is 457 g/mol. The molecule has 7 nitrogen and oxygen atoms in total. The van der Waals surface area contributed by atoms with Gasteiger partial charge in [-0.15, -0.1) is 10.2 Å². The van der Waals surface area contributed by atoms with Crippen LogP contribution in [0.25, 0.3) is 0 Å². The molecule has 0 bridgehead atoms. The summed E-state index contributed by atoms with van der Waals surface area (Å²) in [5.41, 5.74) is 1.22. The molecule has 0 radical (unpaired) electrons. The van der Waals surface area contributed by atoms with E-state index in [1.807, 2.05) is 41.9 Å². The number of halogens is 2. The van der Waals surface area contributed by atoms with Crippen LogP contribution in [-0.2, 0) is 18.3 Å². The van der Waals surface area contributed by atoms with Gasteiger partial charge in [0.05, 0.1) is 10.0 Å². The number of thioether (sulfide) groups is 1. The number of amides is 2. The summed E-state index contributed by atoms with van der Waals surface area (Å²) in [6.45, 7) is 0.398. The minimum atomic E-state index is -0.236. The molecule has 0 aliphatic rings. The molecule has 3 rings (SSSR count). The first kappa shape index (κ1) is 23.1. The highest BCUT2D eigenvalue weighted by Crippen LogP contribution is 2.22. The summed E-state index contributed by atoms with van der Waals surface area (Å²) < 4.78 is 1.87. The summed E-state index contributed by atoms with van der Waals surface area (Å²) >= 11 is 13.3. The van der Waals surface area contributed by atoms with Crippen LogP contribution in [0.15, 0.2) is 53.7 Å². The van der Waals surface area contributed by atoms with Crippen LogP contribution < -0.4 is 10.6 Å². The van der Waals surface area contributed by atoms with Gasteiger partial charge in [-0.25, -0.2) is 0 Å². The van der Waals surface area contributed by atoms with Gasteiger partial charge in [-0.2, -0.15) is 0 Å². The normalized spacial score (nSPS) is 10.7. The molecule has 0 fully saturated rings. The third-order valence-corrected chi connectivity index (χ3v) is 6.12. The average molecular weight is 478 g/mol. The Balaban J connectivity index is 1.42. The Morgan fingerprint density at radius 3 is 2.58 bits per heavy atom. The molecule has 0 unspecified atom stereocenters. The molecule has 0 saturated heterocycles. The Bertz CT molecular complexity index is 1060. The monoisotopic (exact) mass is 477 g/mol. The lowest BCUT2D eigenvalue weighted by molar-refractivity contribution is -0.115. The summed E-state index contributed by atoms with van der Waals surface area (Å²) in [5, 5.41) is 15.5. The van der Waals surface area contributed by atoms with Crippen molar-refractivity contribution in [2.24, 2.45) is 7.05 Å². The van der Waals surface area contributed by atoms with Crippen molar-refractivity contribution in [1.29, 1.82) is 0 Å². The van der Waals surface area contributed by atoms with Gasteiger partial charge in [-0.05, 0) is 30.3 Å². The summed E-state index contributed by atoms with van der Waals surface area (Å²) in [6.07, 6.45) is 0.882. The van der Waals surface area contributed by atoms with Gasteiger partial charge in [-0.3, -0.25) is 9.59 Å². The molecule has 1 heterocycles. The first-order chi connectivity index (χ1) is 14.9. The van der Waals surface area contributed by atoms with Gasteiger partial charge in [0, 0.05) is 43.4 Å². The van der Waals surface area contributed by atoms with Gasteiger partial charge in [0.2, 0.25) is 5.91 Å². The van der Waals surface area contributed by atoms with Gasteiger partial charge < -0.3 is 15.2 Å². The largest absolute Gasteiger partial charge is 0.352 e. The minimum absolute atomic E-state index is 0.0499. The maximum atomic E-state index is 12.2. The van der Waals surface area contributed by atoms with Crippen LogP contribution in [0, 0.1) is 0 Å². The molecule has 2 aromatic carbocycles. The lowest BCUT2D eigenvalue weighted by Gasteiger charge is -2.07. The molecular formula is C21H21Cl2N5O2S. The number of para-hydroxylation sites is 1. The molecule has 1 aromatic heterocycles. The Morgan fingerprint density at radius 2 is 1.84 bits per heavy atom. The van der Waals surface area contributed by atoms with E-state index in [-0.39, 0.29) is 11.8 Å². The van der Waals surface area contributed by atoms with E-state index in [1.165, 1.54) is 17.8 Å². The number of benzene rings is 2. The predicted octanol–water partition coefficient (Wildman–Crippen LogP) is 4.22. The fourth-order valence-electron chi connectivity index (χ4n) is 2.70. The Hall–Kier alpha value is -2.55. The van der Waals surface area contributed by atoms with E-state index in [1.54, 1.807) is 12.1 Å². The molecule has 3 aromatic rings. The molecule has 0 aliphatic heterocycles. The lowest BCUT2D eigenvalue weighted by atomic mass is 10.2. The van der Waals surface area contributed by atoms with Crippen molar-refractivity contribution in [3.05, 3.63) is 70.0 Å². The molecule has 162 valence electrons. The van der Waals surface area contributed by atoms with Gasteiger partial charge in [0.1, 0.15) is 5.82 Å². The number of carbonyl (C=O) groups excluding carboxylic acids is 2. The van der Waals surface area contributed by atoms with Crippen LogP contribution in [0.5, 0.6) is 0 Å². The smallest absolute Gasteiger partial charge is 0.251 e. The zero-order valence-electron chi connectivity index (χ0n) is 16.8. The van der Waals surface area contributed by atoms with Crippen molar-refractivity contribution in [1.82, 2.24) is 20.1 Å². The number of hydrogen-bond donors (Lipinski definition) is 2. The van der Waals surface area contributed by atoms with E-state index in [0.29, 0.717) is 40.7 Å². The van der Waals surface area contributed by atoms with Crippen molar-refractivity contribution in [3.8, 4) is 0 Å². The van der Waals surface area contributed by atoms with E-state index in [2.05, 4.69) is 20.8 Å². The van der Waals surface area contributed by atoms with E-state index in [9.17, 15) is 9.59 Å². The van der Waals surface area contributed by atoms with Crippen LogP contribution >= 0.6 is 35.0 Å². The summed E-state index contributed by atoms with van der Waals surface area (Å²) in [5.74, 6) is 1.04. The fourth-order valence-corrected chi connectivity index (χ4v) is 3.86. The quantitative estimate of drug-likeness (QED) is 0.450. The van der Waals surface area contributed by atoms with Crippen LogP contribution in [0.1, 0.15) is 22.6 Å². The van der Waals surface area contributed by atoms with Gasteiger partial charge >= 0.3 is 0 Å². The van der Waals surface area contributed by atoms with Crippen LogP contribution in [0.2, 0.25) is 10.0 Å². The Morgan fingerprint density at radius 1 is 1.06 bits per heavy atom. The van der Waals surface area contributed by atoms with Crippen LogP contribution in [0.3, 0.4) is 0 Å². The fraction of sp³-hybridized carbons (Fsp3) is 0.238. The van der Waals surface area contributed by atoms with Crippen LogP contribution in [0.4, 0.5) is 5.69 Å². The third-order valence-electron chi connectivity index (χ3n) is 4.36. The first-order valence-corrected chi connectivity index (χ1v) is 11.3. The van der Waals surface area contributed by atoms with Crippen molar-refractivity contribution < 1.29 is 9.59 Å². The summed E-state index contributed by atoms with van der Waals surface area (Å²) in [4.78, 5) is 24.3. The molecule has 0 atom stereocenters. The average Bonchev–Trinajstić information content (AvgIpc) is 3.10. The highest BCUT2D eigenvalue weighted by atomic mass is 35.5. The zero-order chi connectivity index (χ0) is 22.2. The summed E-state index contributed by atoms with van der Waals surface area (Å²) in [6, 6.07) is 14.1. The molecule has 31 heavy (non-hydrogen) atoms. The van der Waals surface area contributed by atoms with E-state index >= 15 is 0 Å². The first-order valence-electron chi connectivity index (χ1n) is 9.53. The highest BCUT2D eigenvalue weighted by Gasteiger charge is 2.12. The standard InChI is InChI=1S/C21H21Cl2N5O2S/c1-28-18(9-11-24-20(30)14-7-8-16(22)17(23)13-14)26-27-21(28)31-12-10-19(29)25-15-5-3-2-4-6-15/h2-8,13H,9-12H2,1H3,(H,24,30)(H,25,29). The van der Waals surface area contributed by atoms with Gasteiger partial charge in [0.25, 0.3) is 5.91 Å². The minimum Gasteiger partial charge on any atom is -0.352 e. The van der Waals surface area contributed by atoms with Gasteiger partial charge in [-0.1, -0.05) is 53.2 Å². The lowest BCUT2D eigenvalue weighted by Crippen LogP contribution is -2.26. The number of hydrogen-bond acceptors (Lipinski definition) is 5. The topological polar surface area (TPSA) is 88.9 Å². The highest BCUT2D eigenvalue weighted by molar-refractivity contribution is 7.99. The van der Waals surface area contributed by atoms with E-state index in [0.717, 1.165) is 16.7 Å². The number of aromatic nitrogens is 3. The van der Waals surface area contributed by atoms with E-state index in [4.69, 9.17) is 23.2 Å². The maximum absolute atomic E-state index is 12.2. The zero-order valence-corrected chi connectivity index (χ0v) is 19.1. The molecule has 0 saturated carbocycles. The van der Waals surface area contributed by atoms with Crippen molar-refractivity contribution >= 4 is 52.5 Å². The van der Waals surface area contributed by atoms with Crippen LogP contribution in [-0.4, -0.2) is 38.9 Å². The molecule has 2 N–H and O–H groups in total. The van der Waals surface area contributed by atoms with Crippen molar-refractivity contribution in [3.63, 3.8) is 0 Å². The number of nitrogens with one attached hydrogen (secondary N) is 2. The number of nitrogens with zero attached hydrogens (tertiary/aromatic N) is 3. The second kappa shape index (κ2) is 11.2.